The van der Waals surface area contributed by atoms with E-state index in [0.717, 1.165) is 12.3 Å². The molecule has 0 bridgehead atoms. The predicted octanol–water partition coefficient (Wildman–Crippen LogP) is 1.47. The summed E-state index contributed by atoms with van der Waals surface area (Å²) in [6.45, 7) is 4.60. The first-order chi connectivity index (χ1) is 3.81. The number of amides is 1. The van der Waals surface area contributed by atoms with Crippen LogP contribution in [0.2, 0.25) is 0 Å². The highest BCUT2D eigenvalue weighted by Gasteiger charge is 1.93. The number of thioether (sulfide) groups is 1. The van der Waals surface area contributed by atoms with E-state index in [4.69, 9.17) is 0 Å². The van der Waals surface area contributed by atoms with E-state index in [1.165, 1.54) is 11.8 Å². The predicted molar refractivity (Wildman–Crippen MR) is 37.2 cm³/mol. The number of carbonyl (C=O) groups is 1. The first-order valence-electron chi connectivity index (χ1n) is 2.71. The summed E-state index contributed by atoms with van der Waals surface area (Å²) >= 11 is 1.31. The van der Waals surface area contributed by atoms with Gasteiger partial charge < -0.3 is 5.32 Å². The molecule has 0 saturated heterocycles. The molecule has 0 fully saturated rings. The van der Waals surface area contributed by atoms with Gasteiger partial charge in [-0.25, -0.2) is 0 Å². The molecule has 1 N–H and O–H groups in total. The molecular weight excluding hydrogens is 122 g/mol. The maximum atomic E-state index is 10.5. The van der Waals surface area contributed by atoms with E-state index in [1.54, 1.807) is 0 Å². The van der Waals surface area contributed by atoms with E-state index in [-0.39, 0.29) is 5.24 Å². The van der Waals surface area contributed by atoms with E-state index in [2.05, 4.69) is 5.32 Å². The van der Waals surface area contributed by atoms with Gasteiger partial charge in [0.05, 0.1) is 0 Å². The second-order valence-electron chi connectivity index (χ2n) is 1.25. The Morgan fingerprint density at radius 1 is 1.62 bits per heavy atom. The van der Waals surface area contributed by atoms with Crippen LogP contribution >= 0.6 is 11.8 Å². The molecule has 0 aromatic rings. The standard InChI is InChI=1S/C5H11NOS/c1-3-6-5(7)8-4-2/h3-4H2,1-2H3,(H,6,7). The molecule has 0 rings (SSSR count). The highest BCUT2D eigenvalue weighted by Crippen LogP contribution is 1.97. The fourth-order valence-corrected chi connectivity index (χ4v) is 0.835. The van der Waals surface area contributed by atoms with Gasteiger partial charge >= 0.3 is 0 Å². The number of hydrogen-bond donors (Lipinski definition) is 1. The Balaban J connectivity index is 3.06. The summed E-state index contributed by atoms with van der Waals surface area (Å²) in [7, 11) is 0. The first kappa shape index (κ1) is 7.82. The Morgan fingerprint density at radius 3 is 2.62 bits per heavy atom. The van der Waals surface area contributed by atoms with Crippen molar-refractivity contribution in [1.29, 1.82) is 0 Å². The van der Waals surface area contributed by atoms with Crippen LogP contribution in [-0.2, 0) is 0 Å². The SMILES string of the molecule is CCNC(=O)SCC. The monoisotopic (exact) mass is 133 g/mol. The molecular formula is C5H11NOS. The van der Waals surface area contributed by atoms with Gasteiger partial charge in [-0.2, -0.15) is 0 Å². The summed E-state index contributed by atoms with van der Waals surface area (Å²) in [6, 6.07) is 0. The summed E-state index contributed by atoms with van der Waals surface area (Å²) < 4.78 is 0. The minimum Gasteiger partial charge on any atom is -0.347 e. The molecule has 0 atom stereocenters. The van der Waals surface area contributed by atoms with Crippen molar-refractivity contribution in [3.8, 4) is 0 Å². The number of carbonyl (C=O) groups excluding carboxylic acids is 1. The topological polar surface area (TPSA) is 29.1 Å². The minimum absolute atomic E-state index is 0.0787. The van der Waals surface area contributed by atoms with Gasteiger partial charge in [0.1, 0.15) is 0 Å². The van der Waals surface area contributed by atoms with Crippen LogP contribution in [0.3, 0.4) is 0 Å². The average molecular weight is 133 g/mol. The molecule has 0 aliphatic carbocycles. The third-order valence-corrected chi connectivity index (χ3v) is 1.29. The van der Waals surface area contributed by atoms with Crippen molar-refractivity contribution in [3.05, 3.63) is 0 Å². The van der Waals surface area contributed by atoms with Crippen LogP contribution < -0.4 is 5.32 Å². The van der Waals surface area contributed by atoms with Crippen molar-refractivity contribution in [1.82, 2.24) is 5.32 Å². The Morgan fingerprint density at radius 2 is 2.25 bits per heavy atom. The van der Waals surface area contributed by atoms with Crippen LogP contribution in [0.25, 0.3) is 0 Å². The quantitative estimate of drug-likeness (QED) is 0.618. The van der Waals surface area contributed by atoms with Gasteiger partial charge in [-0.15, -0.1) is 0 Å². The maximum Gasteiger partial charge on any atom is 0.279 e. The van der Waals surface area contributed by atoms with E-state index in [0.29, 0.717) is 0 Å². The molecule has 0 aromatic heterocycles. The lowest BCUT2D eigenvalue weighted by molar-refractivity contribution is 0.261. The summed E-state index contributed by atoms with van der Waals surface area (Å²) in [5.74, 6) is 0.853. The molecule has 0 aliphatic rings. The molecule has 0 radical (unpaired) electrons. The van der Waals surface area contributed by atoms with E-state index in [1.807, 2.05) is 13.8 Å². The number of nitrogens with one attached hydrogen (secondary N) is 1. The zero-order chi connectivity index (χ0) is 6.41. The van der Waals surface area contributed by atoms with Gasteiger partial charge in [-0.1, -0.05) is 18.7 Å². The van der Waals surface area contributed by atoms with Crippen LogP contribution in [0.15, 0.2) is 0 Å². The van der Waals surface area contributed by atoms with Crippen LogP contribution in [-0.4, -0.2) is 17.5 Å². The van der Waals surface area contributed by atoms with Gasteiger partial charge in [0.15, 0.2) is 0 Å². The highest BCUT2D eigenvalue weighted by molar-refractivity contribution is 8.13. The van der Waals surface area contributed by atoms with Crippen molar-refractivity contribution in [2.45, 2.75) is 13.8 Å². The normalized spacial score (nSPS) is 8.75. The van der Waals surface area contributed by atoms with Crippen molar-refractivity contribution in [2.75, 3.05) is 12.3 Å². The molecule has 0 aliphatic heterocycles. The summed E-state index contributed by atoms with van der Waals surface area (Å²) in [5.41, 5.74) is 0. The van der Waals surface area contributed by atoms with Gasteiger partial charge in [0, 0.05) is 6.54 Å². The van der Waals surface area contributed by atoms with Crippen LogP contribution in [0, 0.1) is 0 Å². The van der Waals surface area contributed by atoms with Gasteiger partial charge in [0.2, 0.25) is 0 Å². The van der Waals surface area contributed by atoms with Crippen LogP contribution in [0.5, 0.6) is 0 Å². The van der Waals surface area contributed by atoms with E-state index in [9.17, 15) is 4.79 Å². The van der Waals surface area contributed by atoms with Crippen molar-refractivity contribution in [3.63, 3.8) is 0 Å². The second kappa shape index (κ2) is 4.97. The van der Waals surface area contributed by atoms with Gasteiger partial charge in [-0.3, -0.25) is 4.79 Å². The lowest BCUT2D eigenvalue weighted by Crippen LogP contribution is -2.17. The fourth-order valence-electron chi connectivity index (χ4n) is 0.326. The number of rotatable bonds is 2. The molecule has 8 heavy (non-hydrogen) atoms. The van der Waals surface area contributed by atoms with Crippen LogP contribution in [0.4, 0.5) is 4.79 Å². The van der Waals surface area contributed by atoms with E-state index >= 15 is 0 Å². The first-order valence-corrected chi connectivity index (χ1v) is 3.70. The Kier molecular flexibility index (Phi) is 4.85. The number of hydrogen-bond acceptors (Lipinski definition) is 2. The van der Waals surface area contributed by atoms with Gasteiger partial charge in [0.25, 0.3) is 5.24 Å². The zero-order valence-corrected chi connectivity index (χ0v) is 6.05. The second-order valence-corrected chi connectivity index (χ2v) is 2.49. The molecule has 0 unspecified atom stereocenters. The third-order valence-electron chi connectivity index (χ3n) is 0.597. The molecule has 2 nitrogen and oxygen atoms in total. The highest BCUT2D eigenvalue weighted by atomic mass is 32.2. The molecule has 0 heterocycles. The fraction of sp³-hybridized carbons (Fsp3) is 0.800. The molecule has 3 heteroatoms. The maximum absolute atomic E-state index is 10.5. The Bertz CT molecular complexity index is 66.8. The molecule has 1 amide bonds. The third kappa shape index (κ3) is 3.99. The van der Waals surface area contributed by atoms with Crippen LogP contribution in [0.1, 0.15) is 13.8 Å². The molecule has 0 aromatic carbocycles. The average Bonchev–Trinajstić information content (AvgIpc) is 1.68. The molecule has 0 spiro atoms. The minimum atomic E-state index is 0.0787. The summed E-state index contributed by atoms with van der Waals surface area (Å²) in [6.07, 6.45) is 0. The van der Waals surface area contributed by atoms with Crippen molar-refractivity contribution >= 4 is 17.0 Å². The zero-order valence-electron chi connectivity index (χ0n) is 5.23. The van der Waals surface area contributed by atoms with Crippen molar-refractivity contribution in [2.24, 2.45) is 0 Å². The smallest absolute Gasteiger partial charge is 0.279 e. The molecule has 48 valence electrons. The summed E-state index contributed by atoms with van der Waals surface area (Å²) in [5, 5.41) is 2.75. The van der Waals surface area contributed by atoms with E-state index < -0.39 is 0 Å². The lowest BCUT2D eigenvalue weighted by Gasteiger charge is -1.95. The molecule has 0 saturated carbocycles. The summed E-state index contributed by atoms with van der Waals surface area (Å²) in [4.78, 5) is 10.5. The lowest BCUT2D eigenvalue weighted by atomic mass is 10.8. The Labute approximate surface area is 54.0 Å². The van der Waals surface area contributed by atoms with Gasteiger partial charge in [-0.05, 0) is 12.7 Å². The van der Waals surface area contributed by atoms with Crippen molar-refractivity contribution < 1.29 is 4.79 Å². The largest absolute Gasteiger partial charge is 0.347 e. The Hall–Kier alpha value is -0.180.